The molecule has 1 N–H and O–H groups in total. The molecule has 3 aromatic rings. The lowest BCUT2D eigenvalue weighted by Gasteiger charge is -2.14. The number of nitrogens with zero attached hydrogens (tertiary/aromatic N) is 3. The average Bonchev–Trinajstić information content (AvgIpc) is 3.11. The highest BCUT2D eigenvalue weighted by molar-refractivity contribution is 7.86. The molecular weight excluding hydrogens is 431 g/mol. The molecule has 3 rings (SSSR count). The quantitative estimate of drug-likeness (QED) is 0.509. The smallest absolute Gasteiger partial charge is 0.126 e. The van der Waals surface area contributed by atoms with Crippen LogP contribution in [0.15, 0.2) is 30.7 Å². The van der Waals surface area contributed by atoms with Gasteiger partial charge >= 0.3 is 0 Å². The topological polar surface area (TPSA) is 67.8 Å². The van der Waals surface area contributed by atoms with Gasteiger partial charge < -0.3 is 4.72 Å². The van der Waals surface area contributed by atoms with E-state index in [-0.39, 0.29) is 16.1 Å². The summed E-state index contributed by atoms with van der Waals surface area (Å²) in [6, 6.07) is 4.38. The van der Waals surface area contributed by atoms with E-state index in [1.807, 2.05) is 6.92 Å². The van der Waals surface area contributed by atoms with Gasteiger partial charge in [-0.3, -0.25) is 0 Å². The van der Waals surface area contributed by atoms with Crippen molar-refractivity contribution in [2.45, 2.75) is 39.5 Å². The van der Waals surface area contributed by atoms with Gasteiger partial charge in [-0.15, -0.1) is 11.3 Å². The standard InChI is InChI=1S/C20H22ClFN4OS2/c1-5-8-29(27)26-15-10-12(22)9-13(16(15)21)17-18(14-6-7-23-11-24-14)28-19(25-17)20(2,3)4/h6-7,9-11,26H,5,8H2,1-4H3. The Balaban J connectivity index is 2.19. The van der Waals surface area contributed by atoms with Crippen LogP contribution in [0.5, 0.6) is 0 Å². The highest BCUT2D eigenvalue weighted by atomic mass is 35.5. The van der Waals surface area contributed by atoms with Gasteiger partial charge in [0.05, 0.1) is 32.0 Å². The van der Waals surface area contributed by atoms with Gasteiger partial charge in [0.15, 0.2) is 0 Å². The van der Waals surface area contributed by atoms with Crippen molar-refractivity contribution in [2.24, 2.45) is 0 Å². The molecule has 2 heterocycles. The number of hydrogen-bond donors (Lipinski definition) is 1. The van der Waals surface area contributed by atoms with E-state index in [1.165, 1.54) is 29.8 Å². The second-order valence-corrected chi connectivity index (χ2v) is 10.2. The van der Waals surface area contributed by atoms with Crippen molar-refractivity contribution in [3.8, 4) is 21.8 Å². The summed E-state index contributed by atoms with van der Waals surface area (Å²) in [7, 11) is -1.34. The zero-order valence-electron chi connectivity index (χ0n) is 16.6. The fraction of sp³-hybridized carbons (Fsp3) is 0.350. The summed E-state index contributed by atoms with van der Waals surface area (Å²) in [6.07, 6.45) is 3.85. The molecule has 1 unspecified atom stereocenters. The number of anilines is 1. The first kappa shape index (κ1) is 21.8. The van der Waals surface area contributed by atoms with Crippen LogP contribution >= 0.6 is 22.9 Å². The Bertz CT molecular complexity index is 1030. The summed E-state index contributed by atoms with van der Waals surface area (Å²) in [5.41, 5.74) is 1.75. The van der Waals surface area contributed by atoms with Gasteiger partial charge in [0.1, 0.15) is 23.1 Å². The largest absolute Gasteiger partial charge is 0.304 e. The summed E-state index contributed by atoms with van der Waals surface area (Å²) in [5.74, 6) is -0.0430. The Morgan fingerprint density at radius 2 is 2.07 bits per heavy atom. The Morgan fingerprint density at radius 3 is 2.69 bits per heavy atom. The van der Waals surface area contributed by atoms with Crippen LogP contribution in [0.1, 0.15) is 39.1 Å². The average molecular weight is 453 g/mol. The summed E-state index contributed by atoms with van der Waals surface area (Å²) >= 11 is 8.10. The molecule has 0 amide bonds. The van der Waals surface area contributed by atoms with Crippen molar-refractivity contribution in [1.29, 1.82) is 0 Å². The van der Waals surface area contributed by atoms with Crippen molar-refractivity contribution in [2.75, 3.05) is 10.5 Å². The van der Waals surface area contributed by atoms with E-state index in [0.29, 0.717) is 22.7 Å². The van der Waals surface area contributed by atoms with Crippen LogP contribution in [0.4, 0.5) is 10.1 Å². The molecule has 1 atom stereocenters. The van der Waals surface area contributed by atoms with Crippen LogP contribution in [0.3, 0.4) is 0 Å². The Labute approximate surface area is 181 Å². The number of rotatable bonds is 6. The fourth-order valence-electron chi connectivity index (χ4n) is 2.62. The second kappa shape index (κ2) is 8.85. The Kier molecular flexibility index (Phi) is 6.65. The van der Waals surface area contributed by atoms with Gasteiger partial charge in [-0.05, 0) is 24.6 Å². The molecule has 0 aliphatic heterocycles. The maximum atomic E-state index is 14.5. The van der Waals surface area contributed by atoms with E-state index in [1.54, 1.807) is 12.3 Å². The lowest BCUT2D eigenvalue weighted by atomic mass is 9.98. The van der Waals surface area contributed by atoms with E-state index in [4.69, 9.17) is 16.6 Å². The summed E-state index contributed by atoms with van der Waals surface area (Å²) in [6.45, 7) is 8.11. The molecule has 0 fully saturated rings. The Morgan fingerprint density at radius 1 is 1.31 bits per heavy atom. The Hall–Kier alpha value is -1.90. The first-order valence-corrected chi connectivity index (χ1v) is 11.6. The number of hydrogen-bond acceptors (Lipinski definition) is 5. The van der Waals surface area contributed by atoms with Crippen LogP contribution in [0.2, 0.25) is 5.02 Å². The number of benzene rings is 1. The van der Waals surface area contributed by atoms with Crippen molar-refractivity contribution >= 4 is 39.6 Å². The van der Waals surface area contributed by atoms with Crippen LogP contribution in [0.25, 0.3) is 21.8 Å². The molecule has 29 heavy (non-hydrogen) atoms. The third-order valence-electron chi connectivity index (χ3n) is 3.99. The highest BCUT2D eigenvalue weighted by Gasteiger charge is 2.26. The van der Waals surface area contributed by atoms with Crippen molar-refractivity contribution in [3.05, 3.63) is 46.6 Å². The highest BCUT2D eigenvalue weighted by Crippen LogP contribution is 2.44. The van der Waals surface area contributed by atoms with E-state index in [2.05, 4.69) is 35.5 Å². The minimum Gasteiger partial charge on any atom is -0.304 e. The van der Waals surface area contributed by atoms with Crippen LogP contribution in [-0.4, -0.2) is 24.9 Å². The summed E-state index contributed by atoms with van der Waals surface area (Å²) in [4.78, 5) is 13.9. The third-order valence-corrected chi connectivity index (χ3v) is 7.13. The fourth-order valence-corrected chi connectivity index (χ4v) is 4.91. The molecule has 154 valence electrons. The number of nitrogens with one attached hydrogen (secondary N) is 1. The predicted molar refractivity (Wildman–Crippen MR) is 119 cm³/mol. The first-order valence-electron chi connectivity index (χ1n) is 9.12. The SMILES string of the molecule is CCCS(=O)Nc1cc(F)cc(-c2nc(C(C)(C)C)sc2-c2ccncn2)c1Cl. The zero-order chi connectivity index (χ0) is 21.2. The first-order chi connectivity index (χ1) is 13.7. The van der Waals surface area contributed by atoms with Gasteiger partial charge in [0, 0.05) is 22.9 Å². The van der Waals surface area contributed by atoms with Crippen LogP contribution < -0.4 is 4.72 Å². The van der Waals surface area contributed by atoms with Crippen LogP contribution in [-0.2, 0) is 16.4 Å². The van der Waals surface area contributed by atoms with Gasteiger partial charge in [0.2, 0.25) is 0 Å². The number of halogens is 2. The van der Waals surface area contributed by atoms with E-state index in [0.717, 1.165) is 16.3 Å². The van der Waals surface area contributed by atoms with Crippen molar-refractivity contribution < 1.29 is 8.60 Å². The monoisotopic (exact) mass is 452 g/mol. The summed E-state index contributed by atoms with van der Waals surface area (Å²) < 4.78 is 29.4. The normalized spacial score (nSPS) is 12.8. The van der Waals surface area contributed by atoms with E-state index >= 15 is 0 Å². The van der Waals surface area contributed by atoms with Gasteiger partial charge in [-0.2, -0.15) is 0 Å². The molecule has 0 radical (unpaired) electrons. The molecule has 0 aliphatic rings. The van der Waals surface area contributed by atoms with E-state index in [9.17, 15) is 8.60 Å². The number of aromatic nitrogens is 3. The molecule has 9 heteroatoms. The predicted octanol–water partition coefficient (Wildman–Crippen LogP) is 5.84. The molecule has 0 saturated heterocycles. The molecular formula is C20H22ClFN4OS2. The van der Waals surface area contributed by atoms with Crippen molar-refractivity contribution in [1.82, 2.24) is 15.0 Å². The minimum absolute atomic E-state index is 0.200. The zero-order valence-corrected chi connectivity index (χ0v) is 19.0. The van der Waals surface area contributed by atoms with Gasteiger partial charge in [-0.1, -0.05) is 39.3 Å². The summed E-state index contributed by atoms with van der Waals surface area (Å²) in [5, 5.41) is 1.16. The second-order valence-electron chi connectivity index (χ2n) is 7.51. The molecule has 0 aliphatic carbocycles. The van der Waals surface area contributed by atoms with Gasteiger partial charge in [0.25, 0.3) is 0 Å². The van der Waals surface area contributed by atoms with Crippen LogP contribution in [0, 0.1) is 5.82 Å². The lowest BCUT2D eigenvalue weighted by Crippen LogP contribution is -2.10. The molecule has 0 spiro atoms. The van der Waals surface area contributed by atoms with Gasteiger partial charge in [-0.25, -0.2) is 23.6 Å². The number of thiazole rings is 1. The molecule has 5 nitrogen and oxygen atoms in total. The molecule has 0 saturated carbocycles. The molecule has 2 aromatic heterocycles. The lowest BCUT2D eigenvalue weighted by molar-refractivity contribution is 0.586. The van der Waals surface area contributed by atoms with E-state index < -0.39 is 16.8 Å². The minimum atomic E-state index is -1.34. The maximum Gasteiger partial charge on any atom is 0.126 e. The maximum absolute atomic E-state index is 14.5. The van der Waals surface area contributed by atoms with Crippen molar-refractivity contribution in [3.63, 3.8) is 0 Å². The molecule has 0 bridgehead atoms. The third kappa shape index (κ3) is 4.99. The molecule has 1 aromatic carbocycles.